The molecule has 18 heavy (non-hydrogen) atoms. The molecule has 0 spiro atoms. The van der Waals surface area contributed by atoms with Gasteiger partial charge in [-0.15, -0.1) is 0 Å². The Morgan fingerprint density at radius 2 is 1.83 bits per heavy atom. The van der Waals surface area contributed by atoms with Crippen LogP contribution >= 0.6 is 0 Å². The van der Waals surface area contributed by atoms with E-state index in [2.05, 4.69) is 48.2 Å². The van der Waals surface area contributed by atoms with Crippen molar-refractivity contribution in [3.63, 3.8) is 0 Å². The molecule has 1 aliphatic rings. The molecule has 0 bridgehead atoms. The van der Waals surface area contributed by atoms with Crippen molar-refractivity contribution in [2.75, 3.05) is 33.7 Å². The highest BCUT2D eigenvalue weighted by molar-refractivity contribution is 5.14. The lowest BCUT2D eigenvalue weighted by Crippen LogP contribution is -2.49. The first-order valence-corrected chi connectivity index (χ1v) is 6.71. The lowest BCUT2D eigenvalue weighted by molar-refractivity contribution is -0.0379. The SMILES string of the molecule is CN1CCC(O)(CN(C)Cc2ccccc2)CC1. The number of likely N-dealkylation sites (N-methyl/N-ethyl adjacent to an activating group) is 1. The van der Waals surface area contributed by atoms with Crippen molar-refractivity contribution >= 4 is 0 Å². The maximum Gasteiger partial charge on any atom is 0.0798 e. The van der Waals surface area contributed by atoms with Gasteiger partial charge in [0.15, 0.2) is 0 Å². The van der Waals surface area contributed by atoms with Gasteiger partial charge >= 0.3 is 0 Å². The van der Waals surface area contributed by atoms with Crippen LogP contribution in [-0.2, 0) is 6.54 Å². The van der Waals surface area contributed by atoms with Crippen LogP contribution in [0, 0.1) is 0 Å². The van der Waals surface area contributed by atoms with E-state index in [0.717, 1.165) is 39.0 Å². The Balaban J connectivity index is 1.85. The molecule has 100 valence electrons. The smallest absolute Gasteiger partial charge is 0.0798 e. The van der Waals surface area contributed by atoms with Gasteiger partial charge in [0.25, 0.3) is 0 Å². The Hall–Kier alpha value is -0.900. The van der Waals surface area contributed by atoms with Crippen LogP contribution in [0.1, 0.15) is 18.4 Å². The van der Waals surface area contributed by atoms with E-state index < -0.39 is 5.60 Å². The Bertz CT molecular complexity index is 358. The van der Waals surface area contributed by atoms with E-state index in [-0.39, 0.29) is 0 Å². The van der Waals surface area contributed by atoms with Crippen LogP contribution in [-0.4, -0.2) is 54.2 Å². The van der Waals surface area contributed by atoms with E-state index in [0.29, 0.717) is 0 Å². The molecular weight excluding hydrogens is 224 g/mol. The van der Waals surface area contributed by atoms with E-state index in [1.54, 1.807) is 0 Å². The van der Waals surface area contributed by atoms with Crippen molar-refractivity contribution < 1.29 is 5.11 Å². The molecular formula is C15H24N2O. The van der Waals surface area contributed by atoms with Gasteiger partial charge in [-0.3, -0.25) is 4.90 Å². The summed E-state index contributed by atoms with van der Waals surface area (Å²) in [4.78, 5) is 4.51. The van der Waals surface area contributed by atoms with E-state index in [4.69, 9.17) is 0 Å². The van der Waals surface area contributed by atoms with Gasteiger partial charge in [-0.2, -0.15) is 0 Å². The van der Waals surface area contributed by atoms with Crippen molar-refractivity contribution in [2.24, 2.45) is 0 Å². The zero-order valence-electron chi connectivity index (χ0n) is 11.5. The van der Waals surface area contributed by atoms with Crippen molar-refractivity contribution in [3.8, 4) is 0 Å². The standard InChI is InChI=1S/C15H24N2O/c1-16-10-8-15(18,9-11-16)13-17(2)12-14-6-4-3-5-7-14/h3-7,18H,8-13H2,1-2H3. The molecule has 0 radical (unpaired) electrons. The zero-order chi connectivity index (χ0) is 13.0. The van der Waals surface area contributed by atoms with Crippen LogP contribution in [0.25, 0.3) is 0 Å². The van der Waals surface area contributed by atoms with E-state index in [9.17, 15) is 5.11 Å². The number of likely N-dealkylation sites (tertiary alicyclic amines) is 1. The van der Waals surface area contributed by atoms with Gasteiger partial charge in [0.1, 0.15) is 0 Å². The fourth-order valence-electron chi connectivity index (χ4n) is 2.65. The molecule has 0 aromatic heterocycles. The van der Waals surface area contributed by atoms with E-state index in [1.807, 2.05) is 6.07 Å². The van der Waals surface area contributed by atoms with Crippen LogP contribution in [0.2, 0.25) is 0 Å². The Labute approximate surface area is 110 Å². The molecule has 3 heteroatoms. The topological polar surface area (TPSA) is 26.7 Å². The van der Waals surface area contributed by atoms with Crippen LogP contribution in [0.4, 0.5) is 0 Å². The molecule has 1 N–H and O–H groups in total. The monoisotopic (exact) mass is 248 g/mol. The van der Waals surface area contributed by atoms with Gasteiger partial charge in [-0.25, -0.2) is 0 Å². The third-order valence-electron chi connectivity index (χ3n) is 3.78. The Kier molecular flexibility index (Phi) is 4.38. The molecule has 2 rings (SSSR count). The van der Waals surface area contributed by atoms with E-state index in [1.165, 1.54) is 5.56 Å². The fourth-order valence-corrected chi connectivity index (χ4v) is 2.65. The number of hydrogen-bond donors (Lipinski definition) is 1. The van der Waals surface area contributed by atoms with Crippen molar-refractivity contribution in [1.82, 2.24) is 9.80 Å². The summed E-state index contributed by atoms with van der Waals surface area (Å²) in [5, 5.41) is 10.6. The summed E-state index contributed by atoms with van der Waals surface area (Å²) in [7, 11) is 4.20. The Morgan fingerprint density at radius 3 is 2.44 bits per heavy atom. The molecule has 0 atom stereocenters. The van der Waals surface area contributed by atoms with Crippen LogP contribution in [0.15, 0.2) is 30.3 Å². The quantitative estimate of drug-likeness (QED) is 0.876. The maximum atomic E-state index is 10.6. The molecule has 0 aliphatic carbocycles. The first-order chi connectivity index (χ1) is 8.57. The highest BCUT2D eigenvalue weighted by Gasteiger charge is 2.32. The van der Waals surface area contributed by atoms with Crippen LogP contribution < -0.4 is 0 Å². The predicted molar refractivity (Wildman–Crippen MR) is 74.5 cm³/mol. The largest absolute Gasteiger partial charge is 0.388 e. The minimum atomic E-state index is -0.504. The number of rotatable bonds is 4. The molecule has 3 nitrogen and oxygen atoms in total. The highest BCUT2D eigenvalue weighted by atomic mass is 16.3. The fraction of sp³-hybridized carbons (Fsp3) is 0.600. The number of aliphatic hydroxyl groups is 1. The van der Waals surface area contributed by atoms with Gasteiger partial charge in [0.05, 0.1) is 5.60 Å². The van der Waals surface area contributed by atoms with E-state index >= 15 is 0 Å². The zero-order valence-corrected chi connectivity index (χ0v) is 11.5. The normalized spacial score (nSPS) is 20.2. The van der Waals surface area contributed by atoms with Gasteiger partial charge in [0, 0.05) is 26.2 Å². The molecule has 1 saturated heterocycles. The molecule has 1 fully saturated rings. The van der Waals surface area contributed by atoms with Gasteiger partial charge < -0.3 is 10.0 Å². The summed E-state index contributed by atoms with van der Waals surface area (Å²) in [6, 6.07) is 10.4. The summed E-state index contributed by atoms with van der Waals surface area (Å²) >= 11 is 0. The molecule has 0 unspecified atom stereocenters. The van der Waals surface area contributed by atoms with Crippen molar-refractivity contribution in [2.45, 2.75) is 25.0 Å². The van der Waals surface area contributed by atoms with Crippen LogP contribution in [0.5, 0.6) is 0 Å². The summed E-state index contributed by atoms with van der Waals surface area (Å²) < 4.78 is 0. The second-order valence-electron chi connectivity index (χ2n) is 5.69. The highest BCUT2D eigenvalue weighted by Crippen LogP contribution is 2.22. The molecule has 1 aromatic carbocycles. The summed E-state index contributed by atoms with van der Waals surface area (Å²) in [5.74, 6) is 0. The second-order valence-corrected chi connectivity index (χ2v) is 5.69. The minimum absolute atomic E-state index is 0.504. The average Bonchev–Trinajstić information content (AvgIpc) is 2.34. The maximum absolute atomic E-state index is 10.6. The number of piperidine rings is 1. The average molecular weight is 248 g/mol. The summed E-state index contributed by atoms with van der Waals surface area (Å²) in [6.45, 7) is 3.65. The number of hydrogen-bond acceptors (Lipinski definition) is 3. The van der Waals surface area contributed by atoms with Crippen molar-refractivity contribution in [3.05, 3.63) is 35.9 Å². The second kappa shape index (κ2) is 5.83. The van der Waals surface area contributed by atoms with Gasteiger partial charge in [-0.1, -0.05) is 30.3 Å². The third-order valence-corrected chi connectivity index (χ3v) is 3.78. The first kappa shape index (κ1) is 13.5. The molecule has 1 heterocycles. The van der Waals surface area contributed by atoms with Gasteiger partial charge in [0.2, 0.25) is 0 Å². The summed E-state index contributed by atoms with van der Waals surface area (Å²) in [6.07, 6.45) is 1.76. The summed E-state index contributed by atoms with van der Waals surface area (Å²) in [5.41, 5.74) is 0.798. The van der Waals surface area contributed by atoms with Crippen LogP contribution in [0.3, 0.4) is 0 Å². The lowest BCUT2D eigenvalue weighted by Gasteiger charge is -2.39. The van der Waals surface area contributed by atoms with Crippen molar-refractivity contribution in [1.29, 1.82) is 0 Å². The molecule has 0 saturated carbocycles. The minimum Gasteiger partial charge on any atom is -0.388 e. The molecule has 1 aliphatic heterocycles. The van der Waals surface area contributed by atoms with Gasteiger partial charge in [-0.05, 0) is 32.5 Å². The number of benzene rings is 1. The first-order valence-electron chi connectivity index (χ1n) is 6.71. The molecule has 0 amide bonds. The third kappa shape index (κ3) is 3.80. The lowest BCUT2D eigenvalue weighted by atomic mass is 9.91. The predicted octanol–water partition coefficient (Wildman–Crippen LogP) is 1.58. The molecule has 1 aromatic rings. The Morgan fingerprint density at radius 1 is 1.22 bits per heavy atom. The number of nitrogens with zero attached hydrogens (tertiary/aromatic N) is 2.